The van der Waals surface area contributed by atoms with E-state index in [9.17, 15) is 10.1 Å². The van der Waals surface area contributed by atoms with Crippen molar-refractivity contribution in [2.24, 2.45) is 0 Å². The number of nitrogens with zero attached hydrogens (tertiary/aromatic N) is 1. The first kappa shape index (κ1) is 23.1. The van der Waals surface area contributed by atoms with Crippen LogP contribution in [0.5, 0.6) is 5.75 Å². The molecule has 1 amide bonds. The summed E-state index contributed by atoms with van der Waals surface area (Å²) in [7, 11) is 0. The summed E-state index contributed by atoms with van der Waals surface area (Å²) in [5.74, 6) is 0.353. The zero-order chi connectivity index (χ0) is 23.3. The van der Waals surface area contributed by atoms with Gasteiger partial charge in [-0.2, -0.15) is 5.26 Å². The van der Waals surface area contributed by atoms with E-state index in [-0.39, 0.29) is 5.57 Å². The quantitative estimate of drug-likeness (QED) is 0.340. The molecule has 0 bridgehead atoms. The fraction of sp³-hybridized carbons (Fsp3) is 0.185. The average Bonchev–Trinajstić information content (AvgIpc) is 2.72. The largest absolute Gasteiger partial charge is 0.488 e. The zero-order valence-electron chi connectivity index (χ0n) is 18.6. The summed E-state index contributed by atoms with van der Waals surface area (Å²) >= 11 is 5.93. The number of hydrogen-bond donors (Lipinski definition) is 1. The summed E-state index contributed by atoms with van der Waals surface area (Å²) in [5.41, 5.74) is 6.45. The number of anilines is 1. The van der Waals surface area contributed by atoms with Crippen molar-refractivity contribution in [1.82, 2.24) is 0 Å². The third-order valence-electron chi connectivity index (χ3n) is 4.93. The lowest BCUT2D eigenvalue weighted by atomic mass is 10.0. The van der Waals surface area contributed by atoms with Crippen LogP contribution in [0.3, 0.4) is 0 Å². The Kier molecular flexibility index (Phi) is 7.35. The number of amides is 1. The normalized spacial score (nSPS) is 11.1. The number of hydrogen-bond acceptors (Lipinski definition) is 3. The lowest BCUT2D eigenvalue weighted by Gasteiger charge is -2.14. The maximum atomic E-state index is 12.7. The minimum Gasteiger partial charge on any atom is -0.488 e. The molecule has 32 heavy (non-hydrogen) atoms. The zero-order valence-corrected chi connectivity index (χ0v) is 19.4. The Morgan fingerprint density at radius 3 is 2.16 bits per heavy atom. The summed E-state index contributed by atoms with van der Waals surface area (Å²) in [6, 6.07) is 19.1. The fourth-order valence-electron chi connectivity index (χ4n) is 3.59. The Hall–Kier alpha value is -3.55. The monoisotopic (exact) mass is 444 g/mol. The highest BCUT2D eigenvalue weighted by molar-refractivity contribution is 6.30. The number of nitriles is 1. The van der Waals surface area contributed by atoms with Gasteiger partial charge >= 0.3 is 0 Å². The average molecular weight is 445 g/mol. The molecule has 0 aliphatic rings. The summed E-state index contributed by atoms with van der Waals surface area (Å²) < 4.78 is 6.02. The highest BCUT2D eigenvalue weighted by Crippen LogP contribution is 2.27. The third-order valence-corrected chi connectivity index (χ3v) is 5.19. The van der Waals surface area contributed by atoms with Gasteiger partial charge in [-0.25, -0.2) is 0 Å². The van der Waals surface area contributed by atoms with Crippen LogP contribution >= 0.6 is 11.6 Å². The second-order valence-electron chi connectivity index (χ2n) is 7.90. The van der Waals surface area contributed by atoms with Crippen LogP contribution in [0.4, 0.5) is 5.69 Å². The molecule has 0 aromatic heterocycles. The van der Waals surface area contributed by atoms with E-state index < -0.39 is 5.91 Å². The van der Waals surface area contributed by atoms with E-state index in [0.29, 0.717) is 17.3 Å². The number of carbonyl (C=O) groups excluding carboxylic acids is 1. The van der Waals surface area contributed by atoms with Crippen LogP contribution in [-0.2, 0) is 11.4 Å². The third kappa shape index (κ3) is 6.00. The van der Waals surface area contributed by atoms with E-state index in [1.807, 2.05) is 88.4 Å². The van der Waals surface area contributed by atoms with Gasteiger partial charge in [0, 0.05) is 10.7 Å². The maximum absolute atomic E-state index is 12.7. The van der Waals surface area contributed by atoms with E-state index >= 15 is 0 Å². The van der Waals surface area contributed by atoms with E-state index in [1.54, 1.807) is 6.08 Å². The Morgan fingerprint density at radius 1 is 1.00 bits per heavy atom. The fourth-order valence-corrected chi connectivity index (χ4v) is 3.72. The van der Waals surface area contributed by atoms with Crippen LogP contribution < -0.4 is 10.1 Å². The standard InChI is InChI=1S/C27H25ClN2O2/c1-17-9-18(2)11-25(10-17)30-27(31)23(15-29)14-22-12-19(3)26(20(4)13-22)32-16-21-5-7-24(28)8-6-21/h5-14H,16H2,1-4H3,(H,30,31)/b23-14+. The topological polar surface area (TPSA) is 62.1 Å². The van der Waals surface area contributed by atoms with Crippen LogP contribution in [0, 0.1) is 39.0 Å². The highest BCUT2D eigenvalue weighted by Gasteiger charge is 2.12. The molecule has 0 aliphatic carbocycles. The molecule has 0 heterocycles. The first-order valence-electron chi connectivity index (χ1n) is 10.2. The summed E-state index contributed by atoms with van der Waals surface area (Å²) in [5, 5.41) is 13.1. The molecule has 162 valence electrons. The molecule has 0 aliphatic heterocycles. The minimum absolute atomic E-state index is 0.0396. The van der Waals surface area contributed by atoms with Crippen molar-refractivity contribution in [3.8, 4) is 11.8 Å². The van der Waals surface area contributed by atoms with Crippen LogP contribution in [0.2, 0.25) is 5.02 Å². The second kappa shape index (κ2) is 10.2. The molecule has 1 N–H and O–H groups in total. The van der Waals surface area contributed by atoms with Gasteiger partial charge in [0.2, 0.25) is 0 Å². The van der Waals surface area contributed by atoms with Gasteiger partial charge in [0.25, 0.3) is 5.91 Å². The Morgan fingerprint density at radius 2 is 1.59 bits per heavy atom. The Labute approximate surface area is 194 Å². The predicted molar refractivity (Wildman–Crippen MR) is 130 cm³/mol. The molecule has 3 aromatic carbocycles. The van der Waals surface area contributed by atoms with E-state index in [1.165, 1.54) is 0 Å². The predicted octanol–water partition coefficient (Wildman–Crippen LogP) is 6.70. The Balaban J connectivity index is 1.77. The number of rotatable bonds is 6. The summed E-state index contributed by atoms with van der Waals surface area (Å²) in [4.78, 5) is 12.7. The second-order valence-corrected chi connectivity index (χ2v) is 8.34. The maximum Gasteiger partial charge on any atom is 0.266 e. The van der Waals surface area contributed by atoms with E-state index in [4.69, 9.17) is 16.3 Å². The van der Waals surface area contributed by atoms with Crippen LogP contribution in [0.1, 0.15) is 33.4 Å². The van der Waals surface area contributed by atoms with Crippen molar-refractivity contribution in [2.75, 3.05) is 5.32 Å². The molecule has 0 unspecified atom stereocenters. The summed E-state index contributed by atoms with van der Waals surface area (Å²) in [6.45, 7) is 8.25. The van der Waals surface area contributed by atoms with Gasteiger partial charge in [0.1, 0.15) is 24.0 Å². The number of benzene rings is 3. The number of halogens is 1. The first-order valence-corrected chi connectivity index (χ1v) is 10.6. The number of carbonyl (C=O) groups is 1. The number of nitrogens with one attached hydrogen (secondary N) is 1. The summed E-state index contributed by atoms with van der Waals surface area (Å²) in [6.07, 6.45) is 1.60. The minimum atomic E-state index is -0.434. The van der Waals surface area contributed by atoms with E-state index in [0.717, 1.165) is 39.1 Å². The Bertz CT molecular complexity index is 1180. The molecule has 3 rings (SSSR count). The molecular weight excluding hydrogens is 420 g/mol. The van der Waals surface area contributed by atoms with Gasteiger partial charge in [-0.3, -0.25) is 4.79 Å². The molecule has 3 aromatic rings. The first-order chi connectivity index (χ1) is 15.2. The van der Waals surface area contributed by atoms with Crippen molar-refractivity contribution in [3.63, 3.8) is 0 Å². The van der Waals surface area contributed by atoms with Crippen molar-refractivity contribution in [3.05, 3.63) is 98.6 Å². The van der Waals surface area contributed by atoms with Gasteiger partial charge in [-0.1, -0.05) is 29.8 Å². The van der Waals surface area contributed by atoms with Gasteiger partial charge in [-0.05, 0) is 104 Å². The van der Waals surface area contributed by atoms with Gasteiger partial charge < -0.3 is 10.1 Å². The lowest BCUT2D eigenvalue weighted by molar-refractivity contribution is -0.112. The van der Waals surface area contributed by atoms with Crippen molar-refractivity contribution < 1.29 is 9.53 Å². The molecule has 0 atom stereocenters. The van der Waals surface area contributed by atoms with Crippen LogP contribution in [0.15, 0.2) is 60.2 Å². The van der Waals surface area contributed by atoms with Crippen LogP contribution in [0.25, 0.3) is 6.08 Å². The molecule has 0 saturated heterocycles. The van der Waals surface area contributed by atoms with Crippen LogP contribution in [-0.4, -0.2) is 5.91 Å². The molecule has 4 nitrogen and oxygen atoms in total. The number of ether oxygens (including phenoxy) is 1. The van der Waals surface area contributed by atoms with Gasteiger partial charge in [-0.15, -0.1) is 0 Å². The molecule has 5 heteroatoms. The van der Waals surface area contributed by atoms with Crippen molar-refractivity contribution in [1.29, 1.82) is 5.26 Å². The molecule has 0 spiro atoms. The van der Waals surface area contributed by atoms with Crippen molar-refractivity contribution in [2.45, 2.75) is 34.3 Å². The van der Waals surface area contributed by atoms with E-state index in [2.05, 4.69) is 5.32 Å². The SMILES string of the molecule is Cc1cc(C)cc(NC(=O)/C(C#N)=C/c2cc(C)c(OCc3ccc(Cl)cc3)c(C)c2)c1. The highest BCUT2D eigenvalue weighted by atomic mass is 35.5. The van der Waals surface area contributed by atoms with Crippen molar-refractivity contribution >= 4 is 29.3 Å². The lowest BCUT2D eigenvalue weighted by Crippen LogP contribution is -2.13. The van der Waals surface area contributed by atoms with Gasteiger partial charge in [0.05, 0.1) is 0 Å². The molecular formula is C27H25ClN2O2. The molecule has 0 radical (unpaired) electrons. The smallest absolute Gasteiger partial charge is 0.266 e. The number of aryl methyl sites for hydroxylation is 4. The molecule has 0 fully saturated rings. The van der Waals surface area contributed by atoms with Gasteiger partial charge in [0.15, 0.2) is 0 Å². The molecule has 0 saturated carbocycles.